The highest BCUT2D eigenvalue weighted by molar-refractivity contribution is 6.23. The molecule has 0 radical (unpaired) electrons. The predicted molar refractivity (Wildman–Crippen MR) is 99.7 cm³/mol. The molecular weight excluding hydrogens is 364 g/mol. The maximum atomic E-state index is 12.9. The molecule has 1 aromatic rings. The number of piperazine rings is 1. The van der Waals surface area contributed by atoms with E-state index in [0.29, 0.717) is 32.6 Å². The molecule has 28 heavy (non-hydrogen) atoms. The van der Waals surface area contributed by atoms with Gasteiger partial charge in [0.05, 0.1) is 11.1 Å². The number of carbonyl (C=O) groups is 5. The molecule has 5 amide bonds. The first-order valence-electron chi connectivity index (χ1n) is 9.22. The van der Waals surface area contributed by atoms with Gasteiger partial charge in [0.1, 0.15) is 6.04 Å². The molecular formula is C19H22N4O5. The summed E-state index contributed by atoms with van der Waals surface area (Å²) in [5.74, 6) is -1.73. The summed E-state index contributed by atoms with van der Waals surface area (Å²) >= 11 is 0. The molecule has 1 unspecified atom stereocenters. The Labute approximate surface area is 162 Å². The molecule has 2 heterocycles. The van der Waals surface area contributed by atoms with Crippen LogP contribution in [-0.4, -0.2) is 72.6 Å². The SMILES string of the molecule is CCCC(C(=O)NC=O)N1C(=O)c2ccc(N3CCN(C=O)CC3)cc2C1=O. The van der Waals surface area contributed by atoms with Gasteiger partial charge in [-0.25, -0.2) is 0 Å². The van der Waals surface area contributed by atoms with Gasteiger partial charge in [-0.1, -0.05) is 13.3 Å². The van der Waals surface area contributed by atoms with Crippen molar-refractivity contribution in [1.29, 1.82) is 0 Å². The van der Waals surface area contributed by atoms with Gasteiger partial charge in [0, 0.05) is 31.9 Å². The van der Waals surface area contributed by atoms with Crippen molar-refractivity contribution in [3.8, 4) is 0 Å². The monoisotopic (exact) mass is 386 g/mol. The van der Waals surface area contributed by atoms with Gasteiger partial charge < -0.3 is 9.80 Å². The Balaban J connectivity index is 1.86. The third-order valence-corrected chi connectivity index (χ3v) is 5.11. The van der Waals surface area contributed by atoms with Crippen molar-refractivity contribution >= 4 is 36.2 Å². The normalized spacial score (nSPS) is 17.4. The quantitative estimate of drug-likeness (QED) is 0.522. The number of hydrogen-bond donors (Lipinski definition) is 1. The first kappa shape index (κ1) is 19.5. The largest absolute Gasteiger partial charge is 0.368 e. The maximum Gasteiger partial charge on any atom is 0.262 e. The average molecular weight is 386 g/mol. The van der Waals surface area contributed by atoms with Crippen LogP contribution in [0.1, 0.15) is 40.5 Å². The molecule has 9 nitrogen and oxygen atoms in total. The van der Waals surface area contributed by atoms with Gasteiger partial charge in [0.25, 0.3) is 11.8 Å². The summed E-state index contributed by atoms with van der Waals surface area (Å²) in [7, 11) is 0. The lowest BCUT2D eigenvalue weighted by Gasteiger charge is -2.34. The molecule has 0 aromatic heterocycles. The zero-order valence-corrected chi connectivity index (χ0v) is 15.6. The fourth-order valence-electron chi connectivity index (χ4n) is 3.62. The van der Waals surface area contributed by atoms with Crippen LogP contribution in [0.5, 0.6) is 0 Å². The Kier molecular flexibility index (Phi) is 5.72. The minimum Gasteiger partial charge on any atom is -0.368 e. The van der Waals surface area contributed by atoms with Crippen molar-refractivity contribution in [3.05, 3.63) is 29.3 Å². The Morgan fingerprint density at radius 2 is 1.79 bits per heavy atom. The number of anilines is 1. The van der Waals surface area contributed by atoms with Crippen LogP contribution in [-0.2, 0) is 14.4 Å². The number of rotatable bonds is 7. The van der Waals surface area contributed by atoms with Gasteiger partial charge in [-0.3, -0.25) is 34.2 Å². The van der Waals surface area contributed by atoms with Crippen LogP contribution in [0.25, 0.3) is 0 Å². The lowest BCUT2D eigenvalue weighted by Crippen LogP contribution is -2.49. The molecule has 1 atom stereocenters. The second-order valence-electron chi connectivity index (χ2n) is 6.77. The molecule has 2 aliphatic heterocycles. The van der Waals surface area contributed by atoms with Gasteiger partial charge >= 0.3 is 0 Å². The molecule has 148 valence electrons. The van der Waals surface area contributed by atoms with Crippen LogP contribution in [0.3, 0.4) is 0 Å². The summed E-state index contributed by atoms with van der Waals surface area (Å²) in [6.45, 7) is 4.26. The molecule has 1 N–H and O–H groups in total. The van der Waals surface area contributed by atoms with Crippen LogP contribution in [0.15, 0.2) is 18.2 Å². The van der Waals surface area contributed by atoms with Crippen molar-refractivity contribution in [2.24, 2.45) is 0 Å². The van der Waals surface area contributed by atoms with Crippen molar-refractivity contribution < 1.29 is 24.0 Å². The van der Waals surface area contributed by atoms with E-state index >= 15 is 0 Å². The topological polar surface area (TPSA) is 107 Å². The summed E-state index contributed by atoms with van der Waals surface area (Å²) in [5, 5.41) is 2.04. The summed E-state index contributed by atoms with van der Waals surface area (Å²) in [4.78, 5) is 64.1. The summed E-state index contributed by atoms with van der Waals surface area (Å²) in [6, 6.07) is 4.00. The molecule has 0 aliphatic carbocycles. The van der Waals surface area contributed by atoms with Crippen LogP contribution in [0, 0.1) is 0 Å². The second-order valence-corrected chi connectivity index (χ2v) is 6.77. The van der Waals surface area contributed by atoms with E-state index in [1.165, 1.54) is 0 Å². The number of imide groups is 2. The Bertz CT molecular complexity index is 817. The second kappa shape index (κ2) is 8.20. The van der Waals surface area contributed by atoms with E-state index in [4.69, 9.17) is 0 Å². The van der Waals surface area contributed by atoms with E-state index in [1.54, 1.807) is 23.1 Å². The number of nitrogens with one attached hydrogen (secondary N) is 1. The number of carbonyl (C=O) groups excluding carboxylic acids is 5. The first-order valence-corrected chi connectivity index (χ1v) is 9.22. The Morgan fingerprint density at radius 3 is 2.39 bits per heavy atom. The van der Waals surface area contributed by atoms with Crippen molar-refractivity contribution in [2.45, 2.75) is 25.8 Å². The third kappa shape index (κ3) is 3.47. The van der Waals surface area contributed by atoms with Gasteiger partial charge in [0.2, 0.25) is 18.7 Å². The molecule has 0 saturated carbocycles. The molecule has 2 aliphatic rings. The molecule has 0 bridgehead atoms. The number of fused-ring (bicyclic) bond motifs is 1. The molecule has 1 saturated heterocycles. The highest BCUT2D eigenvalue weighted by atomic mass is 16.2. The standard InChI is InChI=1S/C19H22N4O5/c1-2-3-16(17(26)20-11-24)23-18(27)14-5-4-13(10-15(14)19(23)28)22-8-6-21(12-25)7-9-22/h4-5,10-12,16H,2-3,6-9H2,1H3,(H,20,24,26). The molecule has 3 rings (SSSR count). The van der Waals surface area contributed by atoms with Gasteiger partial charge in [-0.15, -0.1) is 0 Å². The molecule has 9 heteroatoms. The number of amides is 5. The maximum absolute atomic E-state index is 12.9. The van der Waals surface area contributed by atoms with Gasteiger partial charge in [-0.2, -0.15) is 0 Å². The summed E-state index contributed by atoms with van der Waals surface area (Å²) in [6.07, 6.45) is 1.90. The summed E-state index contributed by atoms with van der Waals surface area (Å²) in [5.41, 5.74) is 1.29. The smallest absolute Gasteiger partial charge is 0.262 e. The van der Waals surface area contributed by atoms with E-state index in [9.17, 15) is 24.0 Å². The van der Waals surface area contributed by atoms with E-state index < -0.39 is 23.8 Å². The molecule has 1 aromatic carbocycles. The fraction of sp³-hybridized carbons (Fsp3) is 0.421. The zero-order valence-electron chi connectivity index (χ0n) is 15.6. The number of benzene rings is 1. The highest BCUT2D eigenvalue weighted by Gasteiger charge is 2.42. The van der Waals surface area contributed by atoms with E-state index in [-0.39, 0.29) is 24.0 Å². The number of nitrogens with zero attached hydrogens (tertiary/aromatic N) is 3. The third-order valence-electron chi connectivity index (χ3n) is 5.11. The van der Waals surface area contributed by atoms with Crippen molar-refractivity contribution in [1.82, 2.24) is 15.1 Å². The first-order chi connectivity index (χ1) is 13.5. The van der Waals surface area contributed by atoms with Crippen molar-refractivity contribution in [2.75, 3.05) is 31.1 Å². The van der Waals surface area contributed by atoms with E-state index in [1.807, 2.05) is 17.1 Å². The van der Waals surface area contributed by atoms with Crippen LogP contribution < -0.4 is 10.2 Å². The lowest BCUT2D eigenvalue weighted by molar-refractivity contribution is -0.128. The lowest BCUT2D eigenvalue weighted by atomic mass is 10.1. The van der Waals surface area contributed by atoms with E-state index in [0.717, 1.165) is 17.0 Å². The average Bonchev–Trinajstić information content (AvgIpc) is 2.96. The number of hydrogen-bond acceptors (Lipinski definition) is 6. The minimum absolute atomic E-state index is 0.250. The van der Waals surface area contributed by atoms with E-state index in [2.05, 4.69) is 0 Å². The molecule has 0 spiro atoms. The van der Waals surface area contributed by atoms with Gasteiger partial charge in [0.15, 0.2) is 0 Å². The summed E-state index contributed by atoms with van der Waals surface area (Å²) < 4.78 is 0. The minimum atomic E-state index is -1.03. The Hall–Kier alpha value is -3.23. The molecule has 1 fully saturated rings. The Morgan fingerprint density at radius 1 is 1.11 bits per heavy atom. The predicted octanol–water partition coefficient (Wildman–Crippen LogP) is 0.00230. The van der Waals surface area contributed by atoms with Crippen molar-refractivity contribution in [3.63, 3.8) is 0 Å². The van der Waals surface area contributed by atoms with Crippen LogP contribution >= 0.6 is 0 Å². The highest BCUT2D eigenvalue weighted by Crippen LogP contribution is 2.30. The zero-order chi connectivity index (χ0) is 20.3. The fourth-order valence-corrected chi connectivity index (χ4v) is 3.62. The van der Waals surface area contributed by atoms with Gasteiger partial charge in [-0.05, 0) is 24.6 Å². The van der Waals surface area contributed by atoms with Crippen LogP contribution in [0.2, 0.25) is 0 Å². The van der Waals surface area contributed by atoms with Crippen LogP contribution in [0.4, 0.5) is 5.69 Å².